The van der Waals surface area contributed by atoms with Crippen LogP contribution in [0.25, 0.3) is 0 Å². The quantitative estimate of drug-likeness (QED) is 0.848. The van der Waals surface area contributed by atoms with Gasteiger partial charge in [-0.05, 0) is 39.8 Å². The summed E-state index contributed by atoms with van der Waals surface area (Å²) in [5.74, 6) is 0. The van der Waals surface area contributed by atoms with Crippen LogP contribution in [0.4, 0.5) is 0 Å². The van der Waals surface area contributed by atoms with Crippen molar-refractivity contribution < 1.29 is 4.21 Å². The summed E-state index contributed by atoms with van der Waals surface area (Å²) in [4.78, 5) is 4.31. The van der Waals surface area contributed by atoms with Gasteiger partial charge in [-0.1, -0.05) is 18.5 Å². The van der Waals surface area contributed by atoms with E-state index in [0.29, 0.717) is 11.6 Å². The highest BCUT2D eigenvalue weighted by molar-refractivity contribution is 7.84. The van der Waals surface area contributed by atoms with Crippen molar-refractivity contribution >= 4 is 22.6 Å². The first-order valence-electron chi connectivity index (χ1n) is 6.07. The summed E-state index contributed by atoms with van der Waals surface area (Å²) in [6, 6.07) is 3.55. The molecule has 0 bridgehead atoms. The molecule has 1 aromatic rings. The van der Waals surface area contributed by atoms with Gasteiger partial charge in [0.25, 0.3) is 0 Å². The Labute approximate surface area is 117 Å². The van der Waals surface area contributed by atoms with Crippen molar-refractivity contribution in [1.82, 2.24) is 9.29 Å². The molecule has 0 aliphatic carbocycles. The maximum atomic E-state index is 12.5. The largest absolute Gasteiger partial charge is 0.259 e. The second-order valence-electron chi connectivity index (χ2n) is 5.17. The van der Waals surface area contributed by atoms with Gasteiger partial charge in [0.15, 0.2) is 0 Å². The van der Waals surface area contributed by atoms with Gasteiger partial charge < -0.3 is 0 Å². The lowest BCUT2D eigenvalue weighted by atomic mass is 10.2. The first kappa shape index (κ1) is 15.6. The van der Waals surface area contributed by atoms with Crippen molar-refractivity contribution in [2.75, 3.05) is 6.54 Å². The normalized spacial score (nSPS) is 15.7. The second-order valence-corrected chi connectivity index (χ2v) is 7.80. The van der Waals surface area contributed by atoms with Crippen LogP contribution in [0.5, 0.6) is 0 Å². The van der Waals surface area contributed by atoms with Crippen molar-refractivity contribution in [3.8, 4) is 0 Å². The van der Waals surface area contributed by atoms with Crippen LogP contribution in [-0.2, 0) is 11.0 Å². The summed E-state index contributed by atoms with van der Waals surface area (Å²) in [7, 11) is -1.06. The third-order valence-electron chi connectivity index (χ3n) is 2.65. The van der Waals surface area contributed by atoms with E-state index in [1.165, 1.54) is 0 Å². The highest BCUT2D eigenvalue weighted by atomic mass is 35.5. The zero-order valence-corrected chi connectivity index (χ0v) is 13.2. The molecule has 0 amide bonds. The summed E-state index contributed by atoms with van der Waals surface area (Å²) in [5, 5.41) is 0.657. The van der Waals surface area contributed by atoms with Gasteiger partial charge in [0.1, 0.15) is 11.0 Å². The third kappa shape index (κ3) is 3.77. The maximum Gasteiger partial charge on any atom is 0.100 e. The standard InChI is InChI=1S/C13H21ClN2OS/c1-6-16(18(17)13(3,4)5)10(2)12-9-11(14)7-8-15-12/h7-10H,6H2,1-5H3/t10-,18-/m1/s1. The molecular formula is C13H21ClN2OS. The van der Waals surface area contributed by atoms with Gasteiger partial charge in [-0.25, -0.2) is 8.51 Å². The SMILES string of the molecule is CCN([C@H](C)c1cc(Cl)ccn1)[S@](=O)C(C)(C)C. The van der Waals surface area contributed by atoms with Crippen molar-refractivity contribution in [2.45, 2.75) is 45.4 Å². The molecule has 2 atom stereocenters. The molecule has 0 saturated carbocycles. The molecule has 1 heterocycles. The average Bonchev–Trinajstić information content (AvgIpc) is 2.28. The van der Waals surface area contributed by atoms with Crippen LogP contribution in [0.3, 0.4) is 0 Å². The lowest BCUT2D eigenvalue weighted by Gasteiger charge is -2.32. The van der Waals surface area contributed by atoms with Gasteiger partial charge in [-0.15, -0.1) is 0 Å². The van der Waals surface area contributed by atoms with Crippen LogP contribution in [0.15, 0.2) is 18.3 Å². The fourth-order valence-electron chi connectivity index (χ4n) is 1.68. The highest BCUT2D eigenvalue weighted by Gasteiger charge is 2.29. The summed E-state index contributed by atoms with van der Waals surface area (Å²) in [6.45, 7) is 10.6. The van der Waals surface area contributed by atoms with Gasteiger partial charge in [0.2, 0.25) is 0 Å². The van der Waals surface area contributed by atoms with E-state index in [-0.39, 0.29) is 10.8 Å². The monoisotopic (exact) mass is 288 g/mol. The van der Waals surface area contributed by atoms with E-state index < -0.39 is 11.0 Å². The van der Waals surface area contributed by atoms with Crippen molar-refractivity contribution in [1.29, 1.82) is 0 Å². The predicted molar refractivity (Wildman–Crippen MR) is 77.9 cm³/mol. The minimum absolute atomic E-state index is 0.0197. The van der Waals surface area contributed by atoms with Gasteiger partial charge in [-0.3, -0.25) is 4.98 Å². The van der Waals surface area contributed by atoms with Crippen LogP contribution in [-0.4, -0.2) is 24.8 Å². The fraction of sp³-hybridized carbons (Fsp3) is 0.615. The molecule has 0 saturated heterocycles. The Balaban J connectivity index is 2.99. The molecule has 0 aromatic carbocycles. The van der Waals surface area contributed by atoms with Crippen LogP contribution >= 0.6 is 11.6 Å². The van der Waals surface area contributed by atoms with Crippen LogP contribution in [0, 0.1) is 0 Å². The van der Waals surface area contributed by atoms with Gasteiger partial charge >= 0.3 is 0 Å². The number of pyridine rings is 1. The Morgan fingerprint density at radius 2 is 2.11 bits per heavy atom. The molecule has 0 fully saturated rings. The van der Waals surface area contributed by atoms with E-state index in [1.807, 2.05) is 45.0 Å². The van der Waals surface area contributed by atoms with Crippen LogP contribution in [0.1, 0.15) is 46.4 Å². The zero-order valence-electron chi connectivity index (χ0n) is 11.6. The lowest BCUT2D eigenvalue weighted by molar-refractivity contribution is 0.366. The van der Waals surface area contributed by atoms with Gasteiger partial charge in [0, 0.05) is 17.8 Å². The molecule has 1 aromatic heterocycles. The molecule has 0 N–H and O–H groups in total. The smallest absolute Gasteiger partial charge is 0.100 e. The van der Waals surface area contributed by atoms with E-state index in [9.17, 15) is 4.21 Å². The molecule has 0 aliphatic rings. The topological polar surface area (TPSA) is 33.2 Å². The highest BCUT2D eigenvalue weighted by Crippen LogP contribution is 2.26. The summed E-state index contributed by atoms with van der Waals surface area (Å²) < 4.78 is 14.1. The van der Waals surface area contributed by atoms with E-state index in [1.54, 1.807) is 12.3 Å². The molecule has 0 aliphatic heterocycles. The van der Waals surface area contributed by atoms with E-state index in [4.69, 9.17) is 11.6 Å². The van der Waals surface area contributed by atoms with Gasteiger partial charge in [0.05, 0.1) is 16.5 Å². The summed E-state index contributed by atoms with van der Waals surface area (Å²) >= 11 is 5.97. The molecule has 18 heavy (non-hydrogen) atoms. The second kappa shape index (κ2) is 6.13. The van der Waals surface area contributed by atoms with E-state index in [0.717, 1.165) is 5.69 Å². The van der Waals surface area contributed by atoms with Gasteiger partial charge in [-0.2, -0.15) is 0 Å². The number of hydrogen-bond acceptors (Lipinski definition) is 2. The Hall–Kier alpha value is -0.450. The minimum Gasteiger partial charge on any atom is -0.259 e. The number of halogens is 1. The number of hydrogen-bond donors (Lipinski definition) is 0. The maximum absolute atomic E-state index is 12.5. The summed E-state index contributed by atoms with van der Waals surface area (Å²) in [5.41, 5.74) is 0.849. The van der Waals surface area contributed by atoms with Crippen LogP contribution < -0.4 is 0 Å². The molecule has 3 nitrogen and oxygen atoms in total. The first-order valence-corrected chi connectivity index (χ1v) is 7.56. The molecule has 0 radical (unpaired) electrons. The zero-order chi connectivity index (χ0) is 13.9. The van der Waals surface area contributed by atoms with Crippen LogP contribution in [0.2, 0.25) is 5.02 Å². The number of aromatic nitrogens is 1. The Bertz CT molecular complexity index is 431. The molecule has 5 heteroatoms. The molecule has 0 unspecified atom stereocenters. The molecule has 1 rings (SSSR count). The lowest BCUT2D eigenvalue weighted by Crippen LogP contribution is -2.39. The molecule has 102 valence electrons. The van der Waals surface area contributed by atoms with Crippen molar-refractivity contribution in [2.24, 2.45) is 0 Å². The van der Waals surface area contributed by atoms with Crippen molar-refractivity contribution in [3.63, 3.8) is 0 Å². The minimum atomic E-state index is -1.06. The van der Waals surface area contributed by atoms with Crippen molar-refractivity contribution in [3.05, 3.63) is 29.0 Å². The Morgan fingerprint density at radius 1 is 1.50 bits per heavy atom. The van der Waals surface area contributed by atoms with E-state index >= 15 is 0 Å². The fourth-order valence-corrected chi connectivity index (χ4v) is 3.19. The Morgan fingerprint density at radius 3 is 2.56 bits per heavy atom. The number of rotatable bonds is 4. The molecular weight excluding hydrogens is 268 g/mol. The Kier molecular flexibility index (Phi) is 5.32. The average molecular weight is 289 g/mol. The first-order chi connectivity index (χ1) is 8.27. The number of nitrogens with zero attached hydrogens (tertiary/aromatic N) is 2. The molecule has 0 spiro atoms. The predicted octanol–water partition coefficient (Wildman–Crippen LogP) is 3.58. The summed E-state index contributed by atoms with van der Waals surface area (Å²) in [6.07, 6.45) is 1.68. The van der Waals surface area contributed by atoms with E-state index in [2.05, 4.69) is 4.98 Å². The third-order valence-corrected chi connectivity index (χ3v) is 4.93.